The van der Waals surface area contributed by atoms with E-state index in [1.807, 2.05) is 78.9 Å². The van der Waals surface area contributed by atoms with Crippen LogP contribution in [0.2, 0.25) is 0 Å². The number of hydrogen-bond acceptors (Lipinski definition) is 3. The first-order chi connectivity index (χ1) is 41.7. The fourth-order valence-electron chi connectivity index (χ4n) is 12.5. The first-order valence-electron chi connectivity index (χ1n) is 28.8. The van der Waals surface area contributed by atoms with E-state index < -0.39 is 18.1 Å². The van der Waals surface area contributed by atoms with Crippen molar-refractivity contribution in [3.05, 3.63) is 272 Å². The van der Waals surface area contributed by atoms with Crippen LogP contribution in [0, 0.1) is 17.9 Å². The molecule has 0 aliphatic rings. The Bertz CT molecular complexity index is 5490. The number of nitriles is 1. The second kappa shape index (κ2) is 18.1. The van der Waals surface area contributed by atoms with E-state index in [1.165, 1.54) is 0 Å². The van der Waals surface area contributed by atoms with Gasteiger partial charge in [-0.2, -0.15) is 5.26 Å². The molecule has 16 rings (SSSR count). The molecule has 16 aromatic rings. The van der Waals surface area contributed by atoms with E-state index >= 15 is 0 Å². The Hall–Kier alpha value is -10.3. The van der Waals surface area contributed by atoms with Crippen LogP contribution in [0.25, 0.3) is 156 Å². The standard InChI is InChI=1S/C74H42N4S2/c1-76-68-65(48-26-13-5-14-27-48)60(44-75)69(66(49-28-15-6-16-29-49)72(68)77-61-40-34-50(45-20-7-2-8-21-45)42-58(61)59-43-51(35-41-62(59)77)46-22-9-3-10-23-46)78-70-54(36-38-56-53-30-17-18-32-63(53)79-73(56)70)55-37-39-57-67-52(47-24-11-4-12-25-47)31-19-33-64(67)80-74(57)71(55)78/h2-43H/i4D,11D,12D,24D,25D. The molecular weight excluding hydrogens is 1010 g/mol. The highest BCUT2D eigenvalue weighted by Gasteiger charge is 2.33. The van der Waals surface area contributed by atoms with Crippen LogP contribution in [0.5, 0.6) is 0 Å². The van der Waals surface area contributed by atoms with Gasteiger partial charge in [0, 0.05) is 63.6 Å². The maximum Gasteiger partial charge on any atom is 0.220 e. The van der Waals surface area contributed by atoms with Gasteiger partial charge in [-0.05, 0) is 80.9 Å². The molecule has 0 saturated carbocycles. The first kappa shape index (κ1) is 40.9. The zero-order chi connectivity index (χ0) is 57.4. The highest BCUT2D eigenvalue weighted by atomic mass is 32.1. The maximum absolute atomic E-state index is 12.4. The van der Waals surface area contributed by atoms with E-state index in [4.69, 9.17) is 4.11 Å². The van der Waals surface area contributed by atoms with Crippen molar-refractivity contribution < 1.29 is 6.85 Å². The Morgan fingerprint density at radius 1 is 0.412 bits per heavy atom. The molecule has 0 amide bonds. The molecule has 0 atom stereocenters. The van der Waals surface area contributed by atoms with Crippen molar-refractivity contribution in [1.29, 1.82) is 5.26 Å². The third-order valence-electron chi connectivity index (χ3n) is 15.9. The first-order valence-corrected chi connectivity index (χ1v) is 28.0. The Kier molecular flexibility index (Phi) is 9.26. The summed E-state index contributed by atoms with van der Waals surface area (Å²) in [6.07, 6.45) is 0. The summed E-state index contributed by atoms with van der Waals surface area (Å²) >= 11 is 3.29. The minimum absolute atomic E-state index is 0.131. The van der Waals surface area contributed by atoms with Crippen molar-refractivity contribution in [2.45, 2.75) is 0 Å². The lowest BCUT2D eigenvalue weighted by Gasteiger charge is -2.26. The fourth-order valence-corrected chi connectivity index (χ4v) is 15.0. The summed E-state index contributed by atoms with van der Waals surface area (Å²) < 4.78 is 52.9. The van der Waals surface area contributed by atoms with Crippen molar-refractivity contribution in [2.24, 2.45) is 0 Å². The topological polar surface area (TPSA) is 38.0 Å². The zero-order valence-electron chi connectivity index (χ0n) is 47.5. The molecule has 80 heavy (non-hydrogen) atoms. The summed E-state index contributed by atoms with van der Waals surface area (Å²) in [7, 11) is 0. The van der Waals surface area contributed by atoms with Crippen molar-refractivity contribution in [1.82, 2.24) is 9.13 Å². The molecule has 0 saturated heterocycles. The van der Waals surface area contributed by atoms with Gasteiger partial charge in [0.2, 0.25) is 5.69 Å². The summed E-state index contributed by atoms with van der Waals surface area (Å²) in [5, 5.41) is 20.1. The molecule has 6 heteroatoms. The van der Waals surface area contributed by atoms with Gasteiger partial charge in [-0.25, -0.2) is 4.85 Å². The van der Waals surface area contributed by atoms with Gasteiger partial charge in [-0.1, -0.05) is 218 Å². The van der Waals surface area contributed by atoms with Crippen molar-refractivity contribution >= 4 is 112 Å². The summed E-state index contributed by atoms with van der Waals surface area (Å²) in [6.45, 7) is 9.56. The zero-order valence-corrected chi connectivity index (χ0v) is 44.1. The molecule has 0 spiro atoms. The Labute approximate surface area is 475 Å². The van der Waals surface area contributed by atoms with Gasteiger partial charge in [0.1, 0.15) is 6.07 Å². The highest BCUT2D eigenvalue weighted by Crippen LogP contribution is 2.55. The molecule has 12 aromatic carbocycles. The van der Waals surface area contributed by atoms with Gasteiger partial charge in [0.15, 0.2) is 0 Å². The molecule has 4 aromatic heterocycles. The molecule has 0 aliphatic heterocycles. The van der Waals surface area contributed by atoms with Crippen LogP contribution in [0.3, 0.4) is 0 Å². The van der Waals surface area contributed by atoms with Crippen LogP contribution in [0.1, 0.15) is 12.4 Å². The molecule has 4 nitrogen and oxygen atoms in total. The number of thiophene rings is 2. The largest absolute Gasteiger partial charge is 0.318 e. The van der Waals surface area contributed by atoms with Crippen LogP contribution in [-0.2, 0) is 0 Å². The molecule has 0 N–H and O–H groups in total. The predicted molar refractivity (Wildman–Crippen MR) is 339 cm³/mol. The number of hydrogen-bond donors (Lipinski definition) is 0. The molecular formula is C74H42N4S2. The van der Waals surface area contributed by atoms with Gasteiger partial charge >= 0.3 is 0 Å². The lowest BCUT2D eigenvalue weighted by molar-refractivity contribution is 1.14. The number of aromatic nitrogens is 2. The second-order valence-corrected chi connectivity index (χ2v) is 22.2. The van der Waals surface area contributed by atoms with Gasteiger partial charge in [-0.15, -0.1) is 22.7 Å². The molecule has 370 valence electrons. The van der Waals surface area contributed by atoms with Gasteiger partial charge < -0.3 is 9.13 Å². The van der Waals surface area contributed by atoms with Crippen molar-refractivity contribution in [3.63, 3.8) is 0 Å². The molecule has 0 bridgehead atoms. The smallest absolute Gasteiger partial charge is 0.220 e. The molecule has 4 heterocycles. The SMILES string of the molecule is [2H]c1c([2H])c([2H])c(-c2cccc3sc4c(ccc5c6ccc7c8ccccc8sc7c6n(-c6c(C#N)c(-c7ccccc7)c([N+]#[C-])c(-n7c8ccc(-c9ccccc9)cc8c8cc(-c9ccccc9)ccc87)c6-c6ccccc6)c54)c23)c([2H])c1[2H]. The number of fused-ring (bicyclic) bond motifs is 14. The van der Waals surface area contributed by atoms with E-state index in [9.17, 15) is 14.6 Å². The average molecular weight is 1060 g/mol. The Balaban J connectivity index is 1.15. The number of nitrogens with zero attached hydrogens (tertiary/aromatic N) is 4. The minimum Gasteiger partial charge on any atom is -0.318 e. The van der Waals surface area contributed by atoms with E-state index in [0.29, 0.717) is 44.9 Å². The van der Waals surface area contributed by atoms with Crippen molar-refractivity contribution in [3.8, 4) is 73.1 Å². The third-order valence-corrected chi connectivity index (χ3v) is 18.2. The quantitative estimate of drug-likeness (QED) is 0.147. The third kappa shape index (κ3) is 6.77. The summed E-state index contributed by atoms with van der Waals surface area (Å²) in [6, 6.07) is 78.0. The van der Waals surface area contributed by atoms with Gasteiger partial charge in [-0.3, -0.25) is 0 Å². The van der Waals surface area contributed by atoms with Crippen LogP contribution >= 0.6 is 22.7 Å². The summed E-state index contributed by atoms with van der Waals surface area (Å²) in [5.41, 5.74) is 13.0. The highest BCUT2D eigenvalue weighted by molar-refractivity contribution is 7.27. The lowest BCUT2D eigenvalue weighted by Crippen LogP contribution is -2.09. The summed E-state index contributed by atoms with van der Waals surface area (Å²) in [5.74, 6) is 0. The minimum atomic E-state index is -0.448. The normalized spacial score (nSPS) is 12.6. The van der Waals surface area contributed by atoms with E-state index in [1.54, 1.807) is 22.7 Å². The maximum atomic E-state index is 12.4. The second-order valence-electron chi connectivity index (χ2n) is 20.0. The molecule has 0 unspecified atom stereocenters. The summed E-state index contributed by atoms with van der Waals surface area (Å²) in [4.78, 5) is 4.62. The molecule has 0 fully saturated rings. The Morgan fingerprint density at radius 2 is 0.925 bits per heavy atom. The lowest BCUT2D eigenvalue weighted by atomic mass is 9.88. The number of rotatable bonds is 7. The number of benzene rings is 12. The van der Waals surface area contributed by atoms with Crippen LogP contribution in [0.15, 0.2) is 255 Å². The van der Waals surface area contributed by atoms with Gasteiger partial charge in [0.25, 0.3) is 0 Å². The van der Waals surface area contributed by atoms with Crippen molar-refractivity contribution in [2.75, 3.05) is 0 Å². The van der Waals surface area contributed by atoms with Crippen LogP contribution in [-0.4, -0.2) is 9.13 Å². The van der Waals surface area contributed by atoms with E-state index in [0.717, 1.165) is 112 Å². The fraction of sp³-hybridized carbons (Fsp3) is 0. The monoisotopic (exact) mass is 1060 g/mol. The molecule has 0 aliphatic carbocycles. The van der Waals surface area contributed by atoms with Gasteiger partial charge in [0.05, 0.1) is 61.8 Å². The predicted octanol–water partition coefficient (Wildman–Crippen LogP) is 21.4. The van der Waals surface area contributed by atoms with E-state index in [2.05, 4.69) is 166 Å². The van der Waals surface area contributed by atoms with E-state index in [-0.39, 0.29) is 17.6 Å². The Morgan fingerprint density at radius 3 is 1.52 bits per heavy atom. The average Bonchev–Trinajstić information content (AvgIpc) is 1.65. The molecule has 0 radical (unpaired) electrons. The van der Waals surface area contributed by atoms with Crippen LogP contribution < -0.4 is 0 Å². The van der Waals surface area contributed by atoms with Crippen LogP contribution in [0.4, 0.5) is 5.69 Å².